The van der Waals surface area contributed by atoms with Crippen LogP contribution in [0.25, 0.3) is 11.1 Å². The van der Waals surface area contributed by atoms with Crippen LogP contribution in [0.15, 0.2) is 30.6 Å². The van der Waals surface area contributed by atoms with Crippen molar-refractivity contribution < 1.29 is 9.53 Å². The molecule has 0 saturated heterocycles. The van der Waals surface area contributed by atoms with Crippen LogP contribution in [-0.2, 0) is 4.74 Å². The topological polar surface area (TPSA) is 39.2 Å². The molecular formula is C13H8Cl3NO2. The molecule has 0 spiro atoms. The number of pyridine rings is 1. The van der Waals surface area contributed by atoms with Crippen molar-refractivity contribution in [3.05, 3.63) is 51.2 Å². The van der Waals surface area contributed by atoms with Crippen LogP contribution in [0, 0.1) is 0 Å². The van der Waals surface area contributed by atoms with E-state index in [2.05, 4.69) is 4.98 Å². The third-order valence-corrected chi connectivity index (χ3v) is 3.34. The highest BCUT2D eigenvalue weighted by Crippen LogP contribution is 2.34. The van der Waals surface area contributed by atoms with Gasteiger partial charge in [0.25, 0.3) is 0 Å². The second-order valence-electron chi connectivity index (χ2n) is 3.66. The first-order valence-electron chi connectivity index (χ1n) is 5.22. The summed E-state index contributed by atoms with van der Waals surface area (Å²) in [6, 6.07) is 4.95. The number of rotatable bonds is 2. The predicted molar refractivity (Wildman–Crippen MR) is 76.0 cm³/mol. The molecule has 0 unspecified atom stereocenters. The molecule has 0 atom stereocenters. The average molecular weight is 317 g/mol. The van der Waals surface area contributed by atoms with Crippen LogP contribution in [0.3, 0.4) is 0 Å². The summed E-state index contributed by atoms with van der Waals surface area (Å²) in [7, 11) is 1.28. The molecule has 0 fully saturated rings. The zero-order valence-corrected chi connectivity index (χ0v) is 12.1. The molecule has 0 bridgehead atoms. The maximum Gasteiger partial charge on any atom is 0.340 e. The highest BCUT2D eigenvalue weighted by Gasteiger charge is 2.19. The van der Waals surface area contributed by atoms with Crippen molar-refractivity contribution >= 4 is 40.8 Å². The van der Waals surface area contributed by atoms with Crippen LogP contribution in [0.4, 0.5) is 0 Å². The van der Waals surface area contributed by atoms with E-state index in [1.54, 1.807) is 18.2 Å². The zero-order chi connectivity index (χ0) is 14.0. The van der Waals surface area contributed by atoms with Gasteiger partial charge in [0.1, 0.15) is 0 Å². The molecule has 1 aromatic heterocycles. The molecule has 2 rings (SSSR count). The number of esters is 1. The van der Waals surface area contributed by atoms with E-state index >= 15 is 0 Å². The molecule has 0 radical (unpaired) electrons. The Hall–Kier alpha value is -1.29. The average Bonchev–Trinajstić information content (AvgIpc) is 2.37. The van der Waals surface area contributed by atoms with Crippen molar-refractivity contribution in [3.63, 3.8) is 0 Å². The fraction of sp³-hybridized carbons (Fsp3) is 0.0769. The van der Waals surface area contributed by atoms with E-state index in [4.69, 9.17) is 39.5 Å². The number of methoxy groups -OCH3 is 1. The number of nitrogens with zero attached hydrogens (tertiary/aromatic N) is 1. The Morgan fingerprint density at radius 1 is 1.11 bits per heavy atom. The summed E-state index contributed by atoms with van der Waals surface area (Å²) in [4.78, 5) is 15.8. The second kappa shape index (κ2) is 5.78. The van der Waals surface area contributed by atoms with Gasteiger partial charge in [0, 0.05) is 33.6 Å². The molecule has 1 heterocycles. The van der Waals surface area contributed by atoms with Crippen LogP contribution >= 0.6 is 34.8 Å². The number of carbonyl (C=O) groups is 1. The first kappa shape index (κ1) is 14.1. The number of hydrogen-bond acceptors (Lipinski definition) is 3. The van der Waals surface area contributed by atoms with Gasteiger partial charge in [-0.2, -0.15) is 0 Å². The van der Waals surface area contributed by atoms with Crippen molar-refractivity contribution in [1.82, 2.24) is 4.98 Å². The monoisotopic (exact) mass is 315 g/mol. The molecule has 1 aromatic carbocycles. The lowest BCUT2D eigenvalue weighted by molar-refractivity contribution is 0.0601. The summed E-state index contributed by atoms with van der Waals surface area (Å²) < 4.78 is 4.72. The normalized spacial score (nSPS) is 10.3. The molecule has 0 amide bonds. The molecule has 0 N–H and O–H groups in total. The first-order valence-corrected chi connectivity index (χ1v) is 6.35. The molecule has 0 aliphatic heterocycles. The number of benzene rings is 1. The smallest absolute Gasteiger partial charge is 0.340 e. The van der Waals surface area contributed by atoms with Gasteiger partial charge in [-0.05, 0) is 12.1 Å². The van der Waals surface area contributed by atoms with Gasteiger partial charge in [0.05, 0.1) is 17.7 Å². The van der Waals surface area contributed by atoms with Gasteiger partial charge >= 0.3 is 5.97 Å². The Kier molecular flexibility index (Phi) is 4.30. The van der Waals surface area contributed by atoms with E-state index in [0.717, 1.165) is 0 Å². The van der Waals surface area contributed by atoms with E-state index < -0.39 is 5.97 Å². The predicted octanol–water partition coefficient (Wildman–Crippen LogP) is 4.50. The lowest BCUT2D eigenvalue weighted by Gasteiger charge is -2.10. The molecule has 0 aliphatic carbocycles. The van der Waals surface area contributed by atoms with Gasteiger partial charge in [0.2, 0.25) is 0 Å². The third-order valence-electron chi connectivity index (χ3n) is 2.51. The lowest BCUT2D eigenvalue weighted by Crippen LogP contribution is -2.05. The third kappa shape index (κ3) is 2.84. The number of aromatic nitrogens is 1. The summed E-state index contributed by atoms with van der Waals surface area (Å²) >= 11 is 18.0. The van der Waals surface area contributed by atoms with Crippen LogP contribution in [0.2, 0.25) is 15.1 Å². The van der Waals surface area contributed by atoms with Gasteiger partial charge in [-0.25, -0.2) is 4.79 Å². The van der Waals surface area contributed by atoms with Crippen molar-refractivity contribution in [2.24, 2.45) is 0 Å². The largest absolute Gasteiger partial charge is 0.465 e. The van der Waals surface area contributed by atoms with Gasteiger partial charge in [-0.3, -0.25) is 4.98 Å². The minimum Gasteiger partial charge on any atom is -0.465 e. The molecule has 2 aromatic rings. The van der Waals surface area contributed by atoms with E-state index in [9.17, 15) is 4.79 Å². The molecular weight excluding hydrogens is 309 g/mol. The Labute approximate surface area is 125 Å². The van der Waals surface area contributed by atoms with Gasteiger partial charge < -0.3 is 4.74 Å². The Balaban J connectivity index is 2.68. The van der Waals surface area contributed by atoms with Crippen molar-refractivity contribution in [2.45, 2.75) is 0 Å². The van der Waals surface area contributed by atoms with Crippen LogP contribution in [-0.4, -0.2) is 18.1 Å². The molecule has 19 heavy (non-hydrogen) atoms. The quantitative estimate of drug-likeness (QED) is 0.766. The first-order chi connectivity index (χ1) is 9.04. The maximum atomic E-state index is 11.8. The SMILES string of the molecule is COC(=O)c1c(Cl)cncc1-c1ccc(Cl)cc1Cl. The van der Waals surface area contributed by atoms with E-state index in [0.29, 0.717) is 21.2 Å². The Morgan fingerprint density at radius 2 is 1.84 bits per heavy atom. The maximum absolute atomic E-state index is 11.8. The number of ether oxygens (including phenoxy) is 1. The van der Waals surface area contributed by atoms with Gasteiger partial charge in [0.15, 0.2) is 0 Å². The van der Waals surface area contributed by atoms with Gasteiger partial charge in [-0.15, -0.1) is 0 Å². The van der Waals surface area contributed by atoms with Gasteiger partial charge in [-0.1, -0.05) is 40.9 Å². The van der Waals surface area contributed by atoms with Crippen LogP contribution in [0.5, 0.6) is 0 Å². The second-order valence-corrected chi connectivity index (χ2v) is 4.91. The molecule has 98 valence electrons. The van der Waals surface area contributed by atoms with E-state index in [1.165, 1.54) is 19.5 Å². The summed E-state index contributed by atoms with van der Waals surface area (Å²) in [5.74, 6) is -0.548. The summed E-state index contributed by atoms with van der Waals surface area (Å²) in [5.41, 5.74) is 1.34. The standard InChI is InChI=1S/C13H8Cl3NO2/c1-19-13(18)12-9(5-17-6-11(12)16)8-3-2-7(14)4-10(8)15/h2-6H,1H3. The Morgan fingerprint density at radius 3 is 2.47 bits per heavy atom. The highest BCUT2D eigenvalue weighted by molar-refractivity contribution is 6.37. The number of hydrogen-bond donors (Lipinski definition) is 0. The highest BCUT2D eigenvalue weighted by atomic mass is 35.5. The minimum atomic E-state index is -0.548. The number of carbonyl (C=O) groups excluding carboxylic acids is 1. The number of halogens is 3. The zero-order valence-electron chi connectivity index (χ0n) is 9.78. The van der Waals surface area contributed by atoms with Crippen molar-refractivity contribution in [3.8, 4) is 11.1 Å². The molecule has 0 aliphatic rings. The minimum absolute atomic E-state index is 0.204. The van der Waals surface area contributed by atoms with Crippen molar-refractivity contribution in [2.75, 3.05) is 7.11 Å². The Bertz CT molecular complexity index is 644. The van der Waals surface area contributed by atoms with E-state index in [-0.39, 0.29) is 10.6 Å². The molecule has 6 heteroatoms. The fourth-order valence-electron chi connectivity index (χ4n) is 1.66. The van der Waals surface area contributed by atoms with Crippen LogP contribution < -0.4 is 0 Å². The summed E-state index contributed by atoms with van der Waals surface area (Å²) in [6.07, 6.45) is 2.88. The summed E-state index contributed by atoms with van der Waals surface area (Å²) in [5, 5.41) is 1.11. The van der Waals surface area contributed by atoms with Crippen LogP contribution in [0.1, 0.15) is 10.4 Å². The lowest BCUT2D eigenvalue weighted by atomic mass is 10.0. The fourth-order valence-corrected chi connectivity index (χ4v) is 2.40. The summed E-state index contributed by atoms with van der Waals surface area (Å²) in [6.45, 7) is 0. The van der Waals surface area contributed by atoms with Crippen molar-refractivity contribution in [1.29, 1.82) is 0 Å². The van der Waals surface area contributed by atoms with E-state index in [1.807, 2.05) is 0 Å². The molecule has 0 saturated carbocycles. The molecule has 3 nitrogen and oxygen atoms in total.